The molecule has 0 bridgehead atoms. The first-order valence-electron chi connectivity index (χ1n) is 6.23. The number of rotatable bonds is 7. The summed E-state index contributed by atoms with van der Waals surface area (Å²) in [5, 5.41) is 9.81. The van der Waals surface area contributed by atoms with Crippen LogP contribution >= 0.6 is 23.1 Å². The van der Waals surface area contributed by atoms with Crippen LogP contribution in [-0.2, 0) is 11.3 Å². The molecule has 0 saturated carbocycles. The van der Waals surface area contributed by atoms with Gasteiger partial charge in [-0.2, -0.15) is 0 Å². The molecule has 2 rings (SSSR count). The summed E-state index contributed by atoms with van der Waals surface area (Å²) >= 11 is 2.92. The Morgan fingerprint density at radius 2 is 2.19 bits per heavy atom. The molecule has 0 saturated heterocycles. The lowest BCUT2D eigenvalue weighted by Gasteiger charge is -2.06. The number of hydrogen-bond donors (Lipinski definition) is 2. The van der Waals surface area contributed by atoms with Crippen molar-refractivity contribution in [2.24, 2.45) is 5.84 Å². The zero-order valence-corrected chi connectivity index (χ0v) is 13.7. The monoisotopic (exact) mass is 327 g/mol. The Balaban J connectivity index is 2.17. The molecule has 0 aliphatic rings. The third-order valence-corrected chi connectivity index (χ3v) is 4.36. The summed E-state index contributed by atoms with van der Waals surface area (Å²) in [4.78, 5) is 10.6. The van der Waals surface area contributed by atoms with Gasteiger partial charge in [-0.1, -0.05) is 11.3 Å². The van der Waals surface area contributed by atoms with Crippen LogP contribution in [0, 0.1) is 0 Å². The maximum Gasteiger partial charge on any atom is 0.208 e. The van der Waals surface area contributed by atoms with Gasteiger partial charge in [-0.25, -0.2) is 15.8 Å². The number of nitrogen functional groups attached to an aromatic ring is 1. The highest BCUT2D eigenvalue weighted by Crippen LogP contribution is 2.32. The van der Waals surface area contributed by atoms with Crippen LogP contribution in [0.15, 0.2) is 15.4 Å². The molecule has 0 aliphatic heterocycles. The molecular formula is C11H17N7OS2. The first-order valence-corrected chi connectivity index (χ1v) is 7.86. The first kappa shape index (κ1) is 15.9. The van der Waals surface area contributed by atoms with E-state index < -0.39 is 0 Å². The lowest BCUT2D eigenvalue weighted by atomic mass is 10.5. The standard InChI is InChI=1S/C11H17N7OS2/c1-4-19-6-8-13-7(15-12)5-9(14-8)20-11-17-16-10(21-11)18(2)3/h5H,4,6,12H2,1-3H3,(H,13,14,15). The Morgan fingerprint density at radius 1 is 1.38 bits per heavy atom. The predicted octanol–water partition coefficient (Wildman–Crippen LogP) is 1.37. The second kappa shape index (κ2) is 7.50. The number of nitrogens with two attached hydrogens (primary N) is 1. The quantitative estimate of drug-likeness (QED) is 0.443. The Hall–Kier alpha value is -1.49. The van der Waals surface area contributed by atoms with Crippen molar-refractivity contribution in [1.82, 2.24) is 20.2 Å². The third-order valence-electron chi connectivity index (χ3n) is 2.30. The fourth-order valence-corrected chi connectivity index (χ4v) is 3.10. The van der Waals surface area contributed by atoms with Gasteiger partial charge in [0, 0.05) is 26.8 Å². The third kappa shape index (κ3) is 4.49. The van der Waals surface area contributed by atoms with Crippen LogP contribution in [-0.4, -0.2) is 40.9 Å². The van der Waals surface area contributed by atoms with Gasteiger partial charge in [0.25, 0.3) is 0 Å². The molecule has 0 fully saturated rings. The summed E-state index contributed by atoms with van der Waals surface area (Å²) in [6.45, 7) is 2.87. The predicted molar refractivity (Wildman–Crippen MR) is 83.5 cm³/mol. The fourth-order valence-electron chi connectivity index (χ4n) is 1.37. The number of nitrogens with zero attached hydrogens (tertiary/aromatic N) is 5. The molecule has 8 nitrogen and oxygen atoms in total. The van der Waals surface area contributed by atoms with E-state index in [2.05, 4.69) is 25.6 Å². The molecule has 10 heteroatoms. The van der Waals surface area contributed by atoms with E-state index in [0.29, 0.717) is 24.9 Å². The van der Waals surface area contributed by atoms with Crippen LogP contribution < -0.4 is 16.2 Å². The van der Waals surface area contributed by atoms with Crippen LogP contribution in [0.3, 0.4) is 0 Å². The van der Waals surface area contributed by atoms with Crippen molar-refractivity contribution in [2.75, 3.05) is 31.0 Å². The summed E-state index contributed by atoms with van der Waals surface area (Å²) in [5.41, 5.74) is 2.53. The molecule has 2 heterocycles. The number of aromatic nitrogens is 4. The van der Waals surface area contributed by atoms with Gasteiger partial charge in [0.05, 0.1) is 0 Å². The molecule has 0 aromatic carbocycles. The van der Waals surface area contributed by atoms with Gasteiger partial charge < -0.3 is 15.1 Å². The lowest BCUT2D eigenvalue weighted by Crippen LogP contribution is -2.11. The van der Waals surface area contributed by atoms with Crippen molar-refractivity contribution in [3.05, 3.63) is 11.9 Å². The first-order chi connectivity index (χ1) is 10.1. The zero-order chi connectivity index (χ0) is 15.2. The molecule has 2 aromatic rings. The van der Waals surface area contributed by atoms with Crippen molar-refractivity contribution in [3.8, 4) is 0 Å². The van der Waals surface area contributed by atoms with Gasteiger partial charge in [-0.3, -0.25) is 0 Å². The van der Waals surface area contributed by atoms with Crippen molar-refractivity contribution in [1.29, 1.82) is 0 Å². The lowest BCUT2D eigenvalue weighted by molar-refractivity contribution is 0.128. The average Bonchev–Trinajstić information content (AvgIpc) is 2.93. The minimum absolute atomic E-state index is 0.346. The fraction of sp³-hybridized carbons (Fsp3) is 0.455. The topological polar surface area (TPSA) is 102 Å². The molecule has 2 aromatic heterocycles. The Morgan fingerprint density at radius 3 is 2.81 bits per heavy atom. The summed E-state index contributed by atoms with van der Waals surface area (Å²) in [7, 11) is 3.85. The van der Waals surface area contributed by atoms with Crippen molar-refractivity contribution >= 4 is 34.0 Å². The number of hydrazine groups is 1. The minimum Gasteiger partial charge on any atom is -0.374 e. The molecule has 0 unspecified atom stereocenters. The summed E-state index contributed by atoms with van der Waals surface area (Å²) in [6, 6.07) is 1.76. The minimum atomic E-state index is 0.346. The Kier molecular flexibility index (Phi) is 5.67. The highest BCUT2D eigenvalue weighted by Gasteiger charge is 2.11. The Labute approximate surface area is 131 Å². The van der Waals surface area contributed by atoms with E-state index in [-0.39, 0.29) is 0 Å². The second-order valence-corrected chi connectivity index (χ2v) is 6.36. The molecule has 114 valence electrons. The van der Waals surface area contributed by atoms with E-state index in [9.17, 15) is 0 Å². The van der Waals surface area contributed by atoms with Gasteiger partial charge in [0.2, 0.25) is 5.13 Å². The zero-order valence-electron chi connectivity index (χ0n) is 12.0. The number of anilines is 2. The van der Waals surface area contributed by atoms with Gasteiger partial charge in [0.1, 0.15) is 17.5 Å². The van der Waals surface area contributed by atoms with Gasteiger partial charge in [0.15, 0.2) is 10.2 Å². The normalized spacial score (nSPS) is 10.7. The Bertz CT molecular complexity index is 590. The van der Waals surface area contributed by atoms with Crippen LogP contribution in [0.4, 0.5) is 10.9 Å². The number of hydrogen-bond acceptors (Lipinski definition) is 10. The van der Waals surface area contributed by atoms with Gasteiger partial charge in [-0.05, 0) is 18.7 Å². The number of nitrogens with one attached hydrogen (secondary N) is 1. The second-order valence-electron chi connectivity index (χ2n) is 4.14. The van der Waals surface area contributed by atoms with Crippen molar-refractivity contribution in [2.45, 2.75) is 22.9 Å². The summed E-state index contributed by atoms with van der Waals surface area (Å²) < 4.78 is 6.13. The maximum atomic E-state index is 5.43. The van der Waals surface area contributed by atoms with E-state index >= 15 is 0 Å². The van der Waals surface area contributed by atoms with Crippen LogP contribution in [0.25, 0.3) is 0 Å². The van der Waals surface area contributed by atoms with E-state index in [1.807, 2.05) is 25.9 Å². The highest BCUT2D eigenvalue weighted by atomic mass is 32.2. The molecule has 0 atom stereocenters. The smallest absolute Gasteiger partial charge is 0.208 e. The van der Waals surface area contributed by atoms with Gasteiger partial charge >= 0.3 is 0 Å². The molecule has 0 amide bonds. The maximum absolute atomic E-state index is 5.43. The van der Waals surface area contributed by atoms with Crippen molar-refractivity contribution < 1.29 is 4.74 Å². The average molecular weight is 327 g/mol. The van der Waals surface area contributed by atoms with E-state index in [1.165, 1.54) is 23.1 Å². The van der Waals surface area contributed by atoms with Crippen LogP contribution in [0.2, 0.25) is 0 Å². The molecule has 3 N–H and O–H groups in total. The summed E-state index contributed by atoms with van der Waals surface area (Å²) in [6.07, 6.45) is 0. The summed E-state index contributed by atoms with van der Waals surface area (Å²) in [5.74, 6) is 6.55. The molecule has 21 heavy (non-hydrogen) atoms. The molecule has 0 aliphatic carbocycles. The largest absolute Gasteiger partial charge is 0.374 e. The van der Waals surface area contributed by atoms with Crippen LogP contribution in [0.1, 0.15) is 12.7 Å². The van der Waals surface area contributed by atoms with E-state index in [4.69, 9.17) is 10.6 Å². The van der Waals surface area contributed by atoms with E-state index in [0.717, 1.165) is 14.5 Å². The molecule has 0 radical (unpaired) electrons. The molecule has 0 spiro atoms. The highest BCUT2D eigenvalue weighted by molar-refractivity contribution is 8.01. The van der Waals surface area contributed by atoms with Gasteiger partial charge in [-0.15, -0.1) is 10.2 Å². The van der Waals surface area contributed by atoms with E-state index in [1.54, 1.807) is 6.07 Å². The SMILES string of the molecule is CCOCc1nc(NN)cc(Sc2nnc(N(C)C)s2)n1. The molecular weight excluding hydrogens is 310 g/mol. The van der Waals surface area contributed by atoms with Crippen LogP contribution in [0.5, 0.6) is 0 Å². The number of ether oxygens (including phenoxy) is 1. The van der Waals surface area contributed by atoms with Crippen molar-refractivity contribution in [3.63, 3.8) is 0 Å².